The van der Waals surface area contributed by atoms with Crippen molar-refractivity contribution in [3.05, 3.63) is 0 Å². The third kappa shape index (κ3) is 2.65. The van der Waals surface area contributed by atoms with E-state index in [9.17, 15) is 0 Å². The summed E-state index contributed by atoms with van der Waals surface area (Å²) in [7, 11) is 1.91. The van der Waals surface area contributed by atoms with Crippen molar-refractivity contribution >= 4 is 5.96 Å². The highest BCUT2D eigenvalue weighted by atomic mass is 15.3. The standard InChI is InChI=1S/C7H16N4/c1-11(7(8)10-9)5-4-6-2-3-6/h6H,2-5,9H2,1H3,(H2,8,10). The van der Waals surface area contributed by atoms with Crippen LogP contribution in [0.25, 0.3) is 0 Å². The third-order valence-corrected chi connectivity index (χ3v) is 2.09. The highest BCUT2D eigenvalue weighted by Gasteiger charge is 2.21. The summed E-state index contributed by atoms with van der Waals surface area (Å²) >= 11 is 0. The molecule has 0 heterocycles. The second-order valence-corrected chi connectivity index (χ2v) is 3.14. The van der Waals surface area contributed by atoms with Gasteiger partial charge in [-0.3, -0.25) is 0 Å². The van der Waals surface area contributed by atoms with Gasteiger partial charge in [0, 0.05) is 13.6 Å². The summed E-state index contributed by atoms with van der Waals surface area (Å²) in [5.74, 6) is 6.37. The summed E-state index contributed by atoms with van der Waals surface area (Å²) in [6, 6.07) is 0. The summed E-state index contributed by atoms with van der Waals surface area (Å²) < 4.78 is 0. The Bertz CT molecular complexity index is 151. The van der Waals surface area contributed by atoms with Crippen molar-refractivity contribution in [1.82, 2.24) is 4.90 Å². The molecule has 0 aromatic carbocycles. The van der Waals surface area contributed by atoms with E-state index in [1.807, 2.05) is 11.9 Å². The minimum atomic E-state index is 0.422. The minimum absolute atomic E-state index is 0.422. The van der Waals surface area contributed by atoms with Gasteiger partial charge in [0.05, 0.1) is 0 Å². The minimum Gasteiger partial charge on any atom is -0.368 e. The first-order valence-corrected chi connectivity index (χ1v) is 3.98. The zero-order chi connectivity index (χ0) is 8.27. The van der Waals surface area contributed by atoms with Crippen molar-refractivity contribution in [3.63, 3.8) is 0 Å². The van der Waals surface area contributed by atoms with Crippen LogP contribution in [0.15, 0.2) is 5.10 Å². The van der Waals surface area contributed by atoms with Crippen LogP contribution in [0.2, 0.25) is 0 Å². The molecule has 4 heteroatoms. The van der Waals surface area contributed by atoms with Gasteiger partial charge in [-0.2, -0.15) is 0 Å². The molecule has 4 N–H and O–H groups in total. The number of rotatable bonds is 3. The fourth-order valence-electron chi connectivity index (χ4n) is 0.996. The Morgan fingerprint density at radius 1 is 1.64 bits per heavy atom. The molecule has 1 rings (SSSR count). The zero-order valence-electron chi connectivity index (χ0n) is 6.95. The lowest BCUT2D eigenvalue weighted by molar-refractivity contribution is 0.464. The monoisotopic (exact) mass is 156 g/mol. The molecule has 0 radical (unpaired) electrons. The van der Waals surface area contributed by atoms with E-state index in [4.69, 9.17) is 11.6 Å². The van der Waals surface area contributed by atoms with Gasteiger partial charge >= 0.3 is 0 Å². The molecule has 11 heavy (non-hydrogen) atoms. The van der Waals surface area contributed by atoms with Gasteiger partial charge in [0.1, 0.15) is 0 Å². The van der Waals surface area contributed by atoms with Gasteiger partial charge in [-0.1, -0.05) is 12.8 Å². The Morgan fingerprint density at radius 3 is 2.73 bits per heavy atom. The lowest BCUT2D eigenvalue weighted by atomic mass is 10.3. The molecule has 0 aromatic heterocycles. The summed E-state index contributed by atoms with van der Waals surface area (Å²) in [6.07, 6.45) is 3.98. The first kappa shape index (κ1) is 8.17. The van der Waals surface area contributed by atoms with Gasteiger partial charge in [0.25, 0.3) is 0 Å². The molecule has 0 bridgehead atoms. The molecule has 0 spiro atoms. The number of hydrogen-bond acceptors (Lipinski definition) is 2. The summed E-state index contributed by atoms with van der Waals surface area (Å²) in [4.78, 5) is 1.89. The first-order chi connectivity index (χ1) is 5.24. The largest absolute Gasteiger partial charge is 0.368 e. The summed E-state index contributed by atoms with van der Waals surface area (Å²) in [5, 5.41) is 3.41. The van der Waals surface area contributed by atoms with Crippen molar-refractivity contribution in [2.45, 2.75) is 19.3 Å². The fraction of sp³-hybridized carbons (Fsp3) is 0.857. The highest BCUT2D eigenvalue weighted by molar-refractivity contribution is 5.77. The van der Waals surface area contributed by atoms with E-state index < -0.39 is 0 Å². The number of hydrogen-bond donors (Lipinski definition) is 2. The van der Waals surface area contributed by atoms with E-state index in [0.717, 1.165) is 12.5 Å². The molecule has 64 valence electrons. The van der Waals surface area contributed by atoms with Gasteiger partial charge in [-0.25, -0.2) is 0 Å². The van der Waals surface area contributed by atoms with Crippen LogP contribution in [-0.4, -0.2) is 24.5 Å². The molecule has 4 nitrogen and oxygen atoms in total. The van der Waals surface area contributed by atoms with Crippen LogP contribution < -0.4 is 11.6 Å². The van der Waals surface area contributed by atoms with E-state index in [2.05, 4.69) is 5.10 Å². The molecular formula is C7H16N4. The molecule has 0 aromatic rings. The van der Waals surface area contributed by atoms with Crippen LogP contribution in [0.4, 0.5) is 0 Å². The van der Waals surface area contributed by atoms with E-state index in [1.165, 1.54) is 19.3 Å². The number of nitrogens with two attached hydrogens (primary N) is 2. The van der Waals surface area contributed by atoms with E-state index in [1.54, 1.807) is 0 Å². The average molecular weight is 156 g/mol. The van der Waals surface area contributed by atoms with Crippen molar-refractivity contribution in [2.24, 2.45) is 22.6 Å². The first-order valence-electron chi connectivity index (χ1n) is 3.98. The van der Waals surface area contributed by atoms with Gasteiger partial charge in [0.2, 0.25) is 5.96 Å². The molecule has 0 amide bonds. The molecule has 1 fully saturated rings. The molecule has 0 aliphatic heterocycles. The summed E-state index contributed by atoms with van der Waals surface area (Å²) in [5.41, 5.74) is 5.47. The second kappa shape index (κ2) is 3.46. The maximum Gasteiger partial charge on any atom is 0.213 e. The number of guanidine groups is 1. The lowest BCUT2D eigenvalue weighted by Gasteiger charge is -2.16. The van der Waals surface area contributed by atoms with E-state index in [-0.39, 0.29) is 0 Å². The van der Waals surface area contributed by atoms with Crippen molar-refractivity contribution in [3.8, 4) is 0 Å². The molecular weight excluding hydrogens is 140 g/mol. The Labute approximate surface area is 67.2 Å². The van der Waals surface area contributed by atoms with Crippen molar-refractivity contribution in [1.29, 1.82) is 0 Å². The maximum atomic E-state index is 5.47. The smallest absolute Gasteiger partial charge is 0.213 e. The topological polar surface area (TPSA) is 67.6 Å². The SMILES string of the molecule is CN(CCC1CC1)/C(N)=N/N. The van der Waals surface area contributed by atoms with Crippen LogP contribution in [0.1, 0.15) is 19.3 Å². The molecule has 1 aliphatic carbocycles. The third-order valence-electron chi connectivity index (χ3n) is 2.09. The molecule has 0 saturated heterocycles. The molecule has 1 aliphatic rings. The lowest BCUT2D eigenvalue weighted by Crippen LogP contribution is -2.35. The van der Waals surface area contributed by atoms with Crippen molar-refractivity contribution in [2.75, 3.05) is 13.6 Å². The second-order valence-electron chi connectivity index (χ2n) is 3.14. The van der Waals surface area contributed by atoms with Crippen LogP contribution in [0.3, 0.4) is 0 Å². The molecule has 1 saturated carbocycles. The zero-order valence-corrected chi connectivity index (χ0v) is 6.95. The normalized spacial score (nSPS) is 18.5. The van der Waals surface area contributed by atoms with Crippen molar-refractivity contribution < 1.29 is 0 Å². The highest BCUT2D eigenvalue weighted by Crippen LogP contribution is 2.32. The van der Waals surface area contributed by atoms with Gasteiger partial charge in [-0.05, 0) is 12.3 Å². The average Bonchev–Trinajstić information content (AvgIpc) is 2.81. The van der Waals surface area contributed by atoms with Crippen LogP contribution >= 0.6 is 0 Å². The van der Waals surface area contributed by atoms with Gasteiger partial charge < -0.3 is 16.5 Å². The van der Waals surface area contributed by atoms with Crippen LogP contribution in [-0.2, 0) is 0 Å². The Hall–Kier alpha value is -0.930. The number of hydrazone groups is 1. The van der Waals surface area contributed by atoms with Gasteiger partial charge in [-0.15, -0.1) is 5.10 Å². The predicted molar refractivity (Wildman–Crippen MR) is 45.8 cm³/mol. The Morgan fingerprint density at radius 2 is 2.27 bits per heavy atom. The quantitative estimate of drug-likeness (QED) is 0.260. The van der Waals surface area contributed by atoms with Gasteiger partial charge in [0.15, 0.2) is 0 Å². The molecule has 0 atom stereocenters. The maximum absolute atomic E-state index is 5.47. The predicted octanol–water partition coefficient (Wildman–Crippen LogP) is -0.0933. The van der Waals surface area contributed by atoms with Crippen LogP contribution in [0, 0.1) is 5.92 Å². The Kier molecular flexibility index (Phi) is 2.57. The van der Waals surface area contributed by atoms with E-state index >= 15 is 0 Å². The van der Waals surface area contributed by atoms with Crippen LogP contribution in [0.5, 0.6) is 0 Å². The Balaban J connectivity index is 2.13. The fourth-order valence-corrected chi connectivity index (χ4v) is 0.996. The summed E-state index contributed by atoms with van der Waals surface area (Å²) in [6.45, 7) is 0.969. The van der Waals surface area contributed by atoms with E-state index in [0.29, 0.717) is 5.96 Å². The molecule has 0 unspecified atom stereocenters. The number of nitrogens with zero attached hydrogens (tertiary/aromatic N) is 2.